The first-order chi connectivity index (χ1) is 5.47. The van der Waals surface area contributed by atoms with Crippen molar-refractivity contribution in [1.82, 2.24) is 5.32 Å². The van der Waals surface area contributed by atoms with Gasteiger partial charge in [0.1, 0.15) is 0 Å². The van der Waals surface area contributed by atoms with E-state index in [1.54, 1.807) is 6.92 Å². The fourth-order valence-electron chi connectivity index (χ4n) is 1.16. The number of rotatable bonds is 3. The standard InChI is InChI=1S/C8H11F2NO/c1-3-7(12)11-5(2)6-4-8(6,9)10/h3,5-6H,1,4H2,2H3,(H,11,12). The molecule has 0 heterocycles. The van der Waals surface area contributed by atoms with E-state index in [1.807, 2.05) is 0 Å². The van der Waals surface area contributed by atoms with E-state index in [-0.39, 0.29) is 6.42 Å². The summed E-state index contributed by atoms with van der Waals surface area (Å²) >= 11 is 0. The molecule has 0 spiro atoms. The van der Waals surface area contributed by atoms with Crippen molar-refractivity contribution in [2.75, 3.05) is 0 Å². The van der Waals surface area contributed by atoms with E-state index in [1.165, 1.54) is 0 Å². The highest BCUT2D eigenvalue weighted by Gasteiger charge is 2.59. The van der Waals surface area contributed by atoms with Gasteiger partial charge in [-0.25, -0.2) is 8.78 Å². The van der Waals surface area contributed by atoms with Crippen LogP contribution in [0, 0.1) is 5.92 Å². The third-order valence-electron chi connectivity index (χ3n) is 2.03. The first kappa shape index (κ1) is 9.16. The van der Waals surface area contributed by atoms with Crippen molar-refractivity contribution >= 4 is 5.91 Å². The maximum Gasteiger partial charge on any atom is 0.253 e. The Morgan fingerprint density at radius 3 is 2.67 bits per heavy atom. The van der Waals surface area contributed by atoms with E-state index >= 15 is 0 Å². The third kappa shape index (κ3) is 1.81. The maximum atomic E-state index is 12.4. The molecule has 0 aromatic carbocycles. The van der Waals surface area contributed by atoms with E-state index in [4.69, 9.17) is 0 Å². The van der Waals surface area contributed by atoms with Crippen molar-refractivity contribution in [3.05, 3.63) is 12.7 Å². The Hall–Kier alpha value is -0.930. The van der Waals surface area contributed by atoms with Crippen LogP contribution < -0.4 is 5.32 Å². The van der Waals surface area contributed by atoms with Crippen LogP contribution in [-0.2, 0) is 4.79 Å². The molecule has 4 heteroatoms. The molecule has 0 radical (unpaired) electrons. The monoisotopic (exact) mass is 175 g/mol. The molecule has 12 heavy (non-hydrogen) atoms. The predicted octanol–water partition coefficient (Wildman–Crippen LogP) is 1.33. The van der Waals surface area contributed by atoms with E-state index in [2.05, 4.69) is 11.9 Å². The number of amides is 1. The molecule has 2 unspecified atom stereocenters. The quantitative estimate of drug-likeness (QED) is 0.644. The molecule has 1 N–H and O–H groups in total. The van der Waals surface area contributed by atoms with Gasteiger partial charge in [0.25, 0.3) is 5.92 Å². The number of hydrogen-bond donors (Lipinski definition) is 1. The highest BCUT2D eigenvalue weighted by molar-refractivity contribution is 5.87. The predicted molar refractivity (Wildman–Crippen MR) is 40.9 cm³/mol. The minimum Gasteiger partial charge on any atom is -0.350 e. The zero-order valence-electron chi connectivity index (χ0n) is 6.81. The first-order valence-corrected chi connectivity index (χ1v) is 3.78. The van der Waals surface area contributed by atoms with Gasteiger partial charge in [-0.3, -0.25) is 4.79 Å². The molecule has 1 saturated carbocycles. The second-order valence-electron chi connectivity index (χ2n) is 3.07. The van der Waals surface area contributed by atoms with Gasteiger partial charge < -0.3 is 5.32 Å². The molecule has 1 fully saturated rings. The normalized spacial score (nSPS) is 27.4. The van der Waals surface area contributed by atoms with Crippen LogP contribution in [-0.4, -0.2) is 17.9 Å². The van der Waals surface area contributed by atoms with Crippen LogP contribution in [0.2, 0.25) is 0 Å². The van der Waals surface area contributed by atoms with Gasteiger partial charge in [-0.2, -0.15) is 0 Å². The lowest BCUT2D eigenvalue weighted by molar-refractivity contribution is -0.117. The first-order valence-electron chi connectivity index (χ1n) is 3.78. The molecule has 68 valence electrons. The molecule has 2 nitrogen and oxygen atoms in total. The van der Waals surface area contributed by atoms with Crippen LogP contribution in [0.3, 0.4) is 0 Å². The molecule has 1 aliphatic rings. The Balaban J connectivity index is 2.36. The molecule has 0 bridgehead atoms. The van der Waals surface area contributed by atoms with Gasteiger partial charge in [0, 0.05) is 18.4 Å². The molecular formula is C8H11F2NO. The Labute approximate surface area is 69.6 Å². The number of nitrogens with one attached hydrogen (secondary N) is 1. The number of hydrogen-bond acceptors (Lipinski definition) is 1. The fraction of sp³-hybridized carbons (Fsp3) is 0.625. The summed E-state index contributed by atoms with van der Waals surface area (Å²) < 4.78 is 24.8. The molecule has 0 aliphatic heterocycles. The SMILES string of the molecule is C=CC(=O)NC(C)C1CC1(F)F. The summed E-state index contributed by atoms with van der Waals surface area (Å²) in [4.78, 5) is 10.7. The number of halogens is 2. The summed E-state index contributed by atoms with van der Waals surface area (Å²) in [6.45, 7) is 4.81. The van der Waals surface area contributed by atoms with E-state index in [0.717, 1.165) is 6.08 Å². The summed E-state index contributed by atoms with van der Waals surface area (Å²) in [6, 6.07) is -0.467. The average molecular weight is 175 g/mol. The summed E-state index contributed by atoms with van der Waals surface area (Å²) in [5.41, 5.74) is 0. The van der Waals surface area contributed by atoms with Crippen LogP contribution in [0.1, 0.15) is 13.3 Å². The smallest absolute Gasteiger partial charge is 0.253 e. The number of carbonyl (C=O) groups is 1. The highest BCUT2D eigenvalue weighted by Crippen LogP contribution is 2.50. The summed E-state index contributed by atoms with van der Waals surface area (Å²) in [7, 11) is 0. The van der Waals surface area contributed by atoms with Gasteiger partial charge in [-0.1, -0.05) is 6.58 Å². The summed E-state index contributed by atoms with van der Waals surface area (Å²) in [5, 5.41) is 2.41. The van der Waals surface area contributed by atoms with Gasteiger partial charge >= 0.3 is 0 Å². The van der Waals surface area contributed by atoms with Crippen LogP contribution in [0.25, 0.3) is 0 Å². The van der Waals surface area contributed by atoms with E-state index in [9.17, 15) is 13.6 Å². The minimum absolute atomic E-state index is 0.119. The fourth-order valence-corrected chi connectivity index (χ4v) is 1.16. The van der Waals surface area contributed by atoms with Gasteiger partial charge in [0.2, 0.25) is 5.91 Å². The van der Waals surface area contributed by atoms with Crippen LogP contribution in [0.5, 0.6) is 0 Å². The largest absolute Gasteiger partial charge is 0.350 e. The third-order valence-corrected chi connectivity index (χ3v) is 2.03. The second-order valence-corrected chi connectivity index (χ2v) is 3.07. The van der Waals surface area contributed by atoms with Gasteiger partial charge in [-0.05, 0) is 13.0 Å². The van der Waals surface area contributed by atoms with Crippen molar-refractivity contribution in [1.29, 1.82) is 0 Å². The molecule has 1 aliphatic carbocycles. The van der Waals surface area contributed by atoms with Crippen molar-refractivity contribution in [2.24, 2.45) is 5.92 Å². The summed E-state index contributed by atoms with van der Waals surface area (Å²) in [6.07, 6.45) is 0.961. The molecule has 0 aromatic heterocycles. The van der Waals surface area contributed by atoms with Crippen LogP contribution in [0.15, 0.2) is 12.7 Å². The molecule has 1 rings (SSSR count). The topological polar surface area (TPSA) is 29.1 Å². The van der Waals surface area contributed by atoms with Crippen molar-refractivity contribution in [3.8, 4) is 0 Å². The molecule has 1 amide bonds. The zero-order chi connectivity index (χ0) is 9.35. The van der Waals surface area contributed by atoms with Gasteiger partial charge in [0.15, 0.2) is 0 Å². The Kier molecular flexibility index (Phi) is 2.17. The van der Waals surface area contributed by atoms with Crippen LogP contribution in [0.4, 0.5) is 8.78 Å². The Bertz CT molecular complexity index is 215. The highest BCUT2D eigenvalue weighted by atomic mass is 19.3. The zero-order valence-corrected chi connectivity index (χ0v) is 6.81. The minimum atomic E-state index is -2.58. The van der Waals surface area contributed by atoms with E-state index < -0.39 is 23.8 Å². The molecule has 0 saturated heterocycles. The van der Waals surface area contributed by atoms with Crippen LogP contribution >= 0.6 is 0 Å². The molecule has 0 aromatic rings. The Morgan fingerprint density at radius 1 is 1.83 bits per heavy atom. The lowest BCUT2D eigenvalue weighted by Crippen LogP contribution is -2.34. The lowest BCUT2D eigenvalue weighted by Gasteiger charge is -2.10. The second kappa shape index (κ2) is 2.84. The molecular weight excluding hydrogens is 164 g/mol. The van der Waals surface area contributed by atoms with Crippen molar-refractivity contribution < 1.29 is 13.6 Å². The van der Waals surface area contributed by atoms with Crippen molar-refractivity contribution in [2.45, 2.75) is 25.3 Å². The Morgan fingerprint density at radius 2 is 2.33 bits per heavy atom. The van der Waals surface area contributed by atoms with E-state index in [0.29, 0.717) is 0 Å². The van der Waals surface area contributed by atoms with Gasteiger partial charge in [0.05, 0.1) is 0 Å². The number of alkyl halides is 2. The average Bonchev–Trinajstić information content (AvgIpc) is 2.59. The summed E-state index contributed by atoms with van der Waals surface area (Å²) in [5.74, 6) is -3.67. The van der Waals surface area contributed by atoms with Gasteiger partial charge in [-0.15, -0.1) is 0 Å². The van der Waals surface area contributed by atoms with Crippen molar-refractivity contribution in [3.63, 3.8) is 0 Å². The maximum absolute atomic E-state index is 12.4. The lowest BCUT2D eigenvalue weighted by atomic mass is 10.2. The number of carbonyl (C=O) groups excluding carboxylic acids is 1. The molecule has 2 atom stereocenters.